The average molecular weight is 326 g/mol. The van der Waals surface area contributed by atoms with Gasteiger partial charge in [0.25, 0.3) is 0 Å². The monoisotopic (exact) mass is 326 g/mol. The van der Waals surface area contributed by atoms with Crippen LogP contribution in [0.1, 0.15) is 4.88 Å². The van der Waals surface area contributed by atoms with Crippen molar-refractivity contribution >= 4 is 31.4 Å². The third-order valence-corrected chi connectivity index (χ3v) is 4.13. The number of ether oxygens (including phenoxy) is 1. The highest BCUT2D eigenvalue weighted by Crippen LogP contribution is 2.30. The van der Waals surface area contributed by atoms with Crippen LogP contribution in [0.3, 0.4) is 0 Å². The van der Waals surface area contributed by atoms with Crippen LogP contribution in [-0.4, -0.2) is 37.4 Å². The van der Waals surface area contributed by atoms with Gasteiger partial charge >= 0.3 is 12.2 Å². The summed E-state index contributed by atoms with van der Waals surface area (Å²) in [7, 11) is -3.70. The third-order valence-electron chi connectivity index (χ3n) is 2.18. The second kappa shape index (κ2) is 4.85. The first-order valence-electron chi connectivity index (χ1n) is 5.24. The molecule has 0 saturated carbocycles. The minimum Gasteiger partial charge on any atom is -0.454 e. The Morgan fingerprint density at radius 3 is 2.55 bits per heavy atom. The highest BCUT2D eigenvalue weighted by Gasteiger charge is 2.29. The van der Waals surface area contributed by atoms with Crippen LogP contribution in [0, 0.1) is 6.92 Å². The normalized spacial score (nSPS) is 12.8. The first kappa shape index (κ1) is 15.0. The van der Waals surface area contributed by atoms with Gasteiger partial charge in [0.2, 0.25) is 0 Å². The molecule has 0 N–H and O–H groups in total. The standard InChI is InChI=1S/C10H9F3N2O3S2/c1-5-3-6-7(19-5)14-9(18-4-10(11,12)13)15-8(6)20(2,16)17/h3H,4H2,1-2H3. The van der Waals surface area contributed by atoms with E-state index >= 15 is 0 Å². The van der Waals surface area contributed by atoms with Gasteiger partial charge in [-0.05, 0) is 13.0 Å². The van der Waals surface area contributed by atoms with Crippen LogP contribution in [0.15, 0.2) is 11.1 Å². The summed E-state index contributed by atoms with van der Waals surface area (Å²) < 4.78 is 64.0. The number of halogens is 3. The molecule has 110 valence electrons. The van der Waals surface area contributed by atoms with Gasteiger partial charge in [-0.25, -0.2) is 8.42 Å². The lowest BCUT2D eigenvalue weighted by Crippen LogP contribution is -2.20. The van der Waals surface area contributed by atoms with E-state index in [9.17, 15) is 21.6 Å². The molecule has 0 radical (unpaired) electrons. The molecule has 2 rings (SSSR count). The van der Waals surface area contributed by atoms with Gasteiger partial charge in [-0.1, -0.05) is 0 Å². The van der Waals surface area contributed by atoms with Crippen molar-refractivity contribution in [3.8, 4) is 6.01 Å². The molecule has 0 fully saturated rings. The van der Waals surface area contributed by atoms with Crippen molar-refractivity contribution in [2.75, 3.05) is 12.9 Å². The quantitative estimate of drug-likeness (QED) is 0.810. The van der Waals surface area contributed by atoms with Crippen LogP contribution >= 0.6 is 11.3 Å². The number of aryl methyl sites for hydroxylation is 1. The van der Waals surface area contributed by atoms with Crippen LogP contribution in [0.2, 0.25) is 0 Å². The number of nitrogens with zero attached hydrogens (tertiary/aromatic N) is 2. The van der Waals surface area contributed by atoms with Gasteiger partial charge in [-0.2, -0.15) is 23.1 Å². The average Bonchev–Trinajstić information content (AvgIpc) is 2.62. The lowest BCUT2D eigenvalue weighted by molar-refractivity contribution is -0.154. The fraction of sp³-hybridized carbons (Fsp3) is 0.400. The summed E-state index contributed by atoms with van der Waals surface area (Å²) in [4.78, 5) is 8.41. The molecular weight excluding hydrogens is 317 g/mol. The smallest absolute Gasteiger partial charge is 0.422 e. The van der Waals surface area contributed by atoms with Crippen LogP contribution in [0.5, 0.6) is 6.01 Å². The number of sulfone groups is 1. The highest BCUT2D eigenvalue weighted by atomic mass is 32.2. The SMILES string of the molecule is Cc1cc2c(S(C)(=O)=O)nc(OCC(F)(F)F)nc2s1. The molecular formula is C10H9F3N2O3S2. The van der Waals surface area contributed by atoms with E-state index in [2.05, 4.69) is 14.7 Å². The van der Waals surface area contributed by atoms with Crippen molar-refractivity contribution < 1.29 is 26.3 Å². The molecule has 0 unspecified atom stereocenters. The van der Waals surface area contributed by atoms with Crippen molar-refractivity contribution in [3.63, 3.8) is 0 Å². The number of alkyl halides is 3. The van der Waals surface area contributed by atoms with E-state index in [0.717, 1.165) is 22.5 Å². The van der Waals surface area contributed by atoms with Crippen molar-refractivity contribution in [1.82, 2.24) is 9.97 Å². The zero-order chi connectivity index (χ0) is 15.1. The topological polar surface area (TPSA) is 69.2 Å². The van der Waals surface area contributed by atoms with E-state index in [0.29, 0.717) is 0 Å². The summed E-state index contributed by atoms with van der Waals surface area (Å²) in [6.45, 7) is 0.153. The number of aromatic nitrogens is 2. The summed E-state index contributed by atoms with van der Waals surface area (Å²) in [5.41, 5.74) is 0. The van der Waals surface area contributed by atoms with Gasteiger partial charge in [-0.3, -0.25) is 0 Å². The van der Waals surface area contributed by atoms with Gasteiger partial charge in [0, 0.05) is 16.5 Å². The zero-order valence-corrected chi connectivity index (χ0v) is 12.0. The molecule has 10 heteroatoms. The number of hydrogen-bond acceptors (Lipinski definition) is 6. The van der Waals surface area contributed by atoms with Crippen molar-refractivity contribution in [1.29, 1.82) is 0 Å². The predicted molar refractivity (Wildman–Crippen MR) is 66.8 cm³/mol. The number of thiophene rings is 1. The number of fused-ring (bicyclic) bond motifs is 1. The molecule has 0 aliphatic rings. The molecule has 0 aromatic carbocycles. The van der Waals surface area contributed by atoms with E-state index in [1.807, 2.05) is 0 Å². The lowest BCUT2D eigenvalue weighted by atomic mass is 10.4. The first-order chi connectivity index (χ1) is 9.06. The molecule has 0 spiro atoms. The Hall–Kier alpha value is -1.42. The zero-order valence-electron chi connectivity index (χ0n) is 10.4. The van der Waals surface area contributed by atoms with E-state index in [1.54, 1.807) is 13.0 Å². The van der Waals surface area contributed by atoms with Crippen LogP contribution < -0.4 is 4.74 Å². The first-order valence-corrected chi connectivity index (χ1v) is 7.95. The Labute approximate surface area is 116 Å². The van der Waals surface area contributed by atoms with E-state index in [1.165, 1.54) is 0 Å². The third kappa shape index (κ3) is 3.37. The van der Waals surface area contributed by atoms with Gasteiger partial charge in [-0.15, -0.1) is 11.3 Å². The maximum atomic E-state index is 12.1. The Morgan fingerprint density at radius 1 is 1.35 bits per heavy atom. The molecule has 20 heavy (non-hydrogen) atoms. The molecule has 0 bridgehead atoms. The molecule has 0 amide bonds. The van der Waals surface area contributed by atoms with Gasteiger partial charge < -0.3 is 4.74 Å². The minimum atomic E-state index is -4.55. The van der Waals surface area contributed by atoms with E-state index in [-0.39, 0.29) is 15.2 Å². The largest absolute Gasteiger partial charge is 0.454 e. The Bertz CT molecular complexity index is 753. The number of hydrogen-bond donors (Lipinski definition) is 0. The van der Waals surface area contributed by atoms with Crippen molar-refractivity contribution in [2.45, 2.75) is 18.1 Å². The predicted octanol–water partition coefficient (Wildman–Crippen LogP) is 2.34. The van der Waals surface area contributed by atoms with Gasteiger partial charge in [0.15, 0.2) is 21.5 Å². The summed E-state index contributed by atoms with van der Waals surface area (Å²) in [5, 5.41) is -0.0432. The second-order valence-corrected chi connectivity index (χ2v) is 7.23. The Balaban J connectivity index is 2.53. The molecule has 5 nitrogen and oxygen atoms in total. The molecule has 0 saturated heterocycles. The molecule has 2 heterocycles. The summed E-state index contributed by atoms with van der Waals surface area (Å²) >= 11 is 1.15. The van der Waals surface area contributed by atoms with E-state index < -0.39 is 28.6 Å². The summed E-state index contributed by atoms with van der Waals surface area (Å²) in [5.74, 6) is 0. The summed E-state index contributed by atoms with van der Waals surface area (Å²) in [6, 6.07) is 0.973. The highest BCUT2D eigenvalue weighted by molar-refractivity contribution is 7.90. The Kier molecular flexibility index (Phi) is 3.63. The molecule has 0 atom stereocenters. The molecule has 2 aromatic heterocycles. The second-order valence-electron chi connectivity index (χ2n) is 4.06. The van der Waals surface area contributed by atoms with Crippen molar-refractivity contribution in [3.05, 3.63) is 10.9 Å². The van der Waals surface area contributed by atoms with Gasteiger partial charge in [0.1, 0.15) is 4.83 Å². The van der Waals surface area contributed by atoms with Gasteiger partial charge in [0.05, 0.1) is 0 Å². The molecule has 2 aromatic rings. The van der Waals surface area contributed by atoms with Crippen LogP contribution in [-0.2, 0) is 9.84 Å². The molecule has 0 aliphatic heterocycles. The number of rotatable bonds is 3. The van der Waals surface area contributed by atoms with Crippen LogP contribution in [0.4, 0.5) is 13.2 Å². The minimum absolute atomic E-state index is 0.273. The fourth-order valence-corrected chi connectivity index (χ4v) is 3.23. The van der Waals surface area contributed by atoms with E-state index in [4.69, 9.17) is 0 Å². The fourth-order valence-electron chi connectivity index (χ4n) is 1.49. The molecule has 0 aliphatic carbocycles. The maximum absolute atomic E-state index is 12.1. The lowest BCUT2D eigenvalue weighted by Gasteiger charge is -2.08. The van der Waals surface area contributed by atoms with Crippen LogP contribution in [0.25, 0.3) is 10.2 Å². The Morgan fingerprint density at radius 2 is 2.00 bits per heavy atom. The van der Waals surface area contributed by atoms with Crippen molar-refractivity contribution in [2.24, 2.45) is 0 Å². The summed E-state index contributed by atoms with van der Waals surface area (Å²) in [6.07, 6.45) is -3.62. The maximum Gasteiger partial charge on any atom is 0.422 e.